The Morgan fingerprint density at radius 1 is 1.44 bits per heavy atom. The molecule has 0 radical (unpaired) electrons. The van der Waals surface area contributed by atoms with Crippen molar-refractivity contribution in [3.8, 4) is 0 Å². The third-order valence-electron chi connectivity index (χ3n) is 3.18. The van der Waals surface area contributed by atoms with Crippen LogP contribution in [0.5, 0.6) is 0 Å². The van der Waals surface area contributed by atoms with Crippen LogP contribution >= 0.6 is 24.2 Å². The van der Waals surface area contributed by atoms with Gasteiger partial charge in [-0.3, -0.25) is 4.79 Å². The predicted octanol–water partition coefficient (Wildman–Crippen LogP) is 2.20. The maximum Gasteiger partial charge on any atom is 0.227 e. The zero-order valence-corrected chi connectivity index (χ0v) is 12.1. The van der Waals surface area contributed by atoms with Crippen LogP contribution in [0.3, 0.4) is 0 Å². The second-order valence-corrected chi connectivity index (χ2v) is 5.59. The van der Waals surface area contributed by atoms with E-state index in [1.807, 2.05) is 48.0 Å². The third-order valence-corrected chi connectivity index (χ3v) is 4.33. The highest BCUT2D eigenvalue weighted by molar-refractivity contribution is 7.99. The SMILES string of the molecule is CN(C(=O)Cc1ccc(N)cc1)C1CCSC1.Cl. The Morgan fingerprint density at radius 2 is 2.11 bits per heavy atom. The molecule has 1 aliphatic rings. The minimum Gasteiger partial charge on any atom is -0.399 e. The lowest BCUT2D eigenvalue weighted by atomic mass is 10.1. The summed E-state index contributed by atoms with van der Waals surface area (Å²) in [6, 6.07) is 7.94. The molecule has 1 aliphatic heterocycles. The van der Waals surface area contributed by atoms with Crippen LogP contribution in [0.15, 0.2) is 24.3 Å². The molecular weight excluding hydrogens is 268 g/mol. The van der Waals surface area contributed by atoms with Gasteiger partial charge in [-0.15, -0.1) is 12.4 Å². The number of carbonyl (C=O) groups excluding carboxylic acids is 1. The molecule has 5 heteroatoms. The van der Waals surface area contributed by atoms with Gasteiger partial charge < -0.3 is 10.6 Å². The maximum atomic E-state index is 12.1. The number of benzene rings is 1. The van der Waals surface area contributed by atoms with Crippen LogP contribution in [0.2, 0.25) is 0 Å². The molecule has 2 N–H and O–H groups in total. The molecule has 18 heavy (non-hydrogen) atoms. The highest BCUT2D eigenvalue weighted by atomic mass is 35.5. The maximum absolute atomic E-state index is 12.1. The molecule has 0 aliphatic carbocycles. The van der Waals surface area contributed by atoms with Gasteiger partial charge in [0, 0.05) is 24.5 Å². The summed E-state index contributed by atoms with van der Waals surface area (Å²) in [5.74, 6) is 2.44. The molecule has 0 bridgehead atoms. The van der Waals surface area contributed by atoms with Crippen LogP contribution in [-0.4, -0.2) is 35.4 Å². The number of thioether (sulfide) groups is 1. The number of nitrogens with two attached hydrogens (primary N) is 1. The smallest absolute Gasteiger partial charge is 0.227 e. The quantitative estimate of drug-likeness (QED) is 0.867. The molecule has 1 heterocycles. The fourth-order valence-electron chi connectivity index (χ4n) is 1.97. The summed E-state index contributed by atoms with van der Waals surface area (Å²) in [4.78, 5) is 14.0. The molecule has 1 amide bonds. The van der Waals surface area contributed by atoms with Crippen LogP contribution in [0.4, 0.5) is 5.69 Å². The lowest BCUT2D eigenvalue weighted by molar-refractivity contribution is -0.130. The predicted molar refractivity (Wildman–Crippen MR) is 80.3 cm³/mol. The summed E-state index contributed by atoms with van der Waals surface area (Å²) in [6.07, 6.45) is 1.59. The molecule has 1 fully saturated rings. The first-order valence-corrected chi connectivity index (χ1v) is 7.00. The van der Waals surface area contributed by atoms with Crippen LogP contribution in [0.1, 0.15) is 12.0 Å². The summed E-state index contributed by atoms with van der Waals surface area (Å²) in [5, 5.41) is 0. The second-order valence-electron chi connectivity index (χ2n) is 4.44. The lowest BCUT2D eigenvalue weighted by Gasteiger charge is -2.23. The van der Waals surface area contributed by atoms with Gasteiger partial charge in [0.05, 0.1) is 6.42 Å². The highest BCUT2D eigenvalue weighted by Gasteiger charge is 2.23. The molecule has 2 rings (SSSR count). The van der Waals surface area contributed by atoms with E-state index < -0.39 is 0 Å². The van der Waals surface area contributed by atoms with Gasteiger partial charge in [0.2, 0.25) is 5.91 Å². The molecule has 0 saturated carbocycles. The molecule has 0 spiro atoms. The van der Waals surface area contributed by atoms with Gasteiger partial charge in [0.1, 0.15) is 0 Å². The number of nitrogen functional groups attached to an aromatic ring is 1. The Kier molecular flexibility index (Phi) is 5.82. The molecule has 100 valence electrons. The Balaban J connectivity index is 0.00000162. The van der Waals surface area contributed by atoms with E-state index >= 15 is 0 Å². The third kappa shape index (κ3) is 3.82. The van der Waals surface area contributed by atoms with E-state index in [4.69, 9.17) is 5.73 Å². The van der Waals surface area contributed by atoms with Crippen molar-refractivity contribution in [1.29, 1.82) is 0 Å². The number of rotatable bonds is 3. The summed E-state index contributed by atoms with van der Waals surface area (Å²) < 4.78 is 0. The summed E-state index contributed by atoms with van der Waals surface area (Å²) in [5.41, 5.74) is 7.39. The minimum absolute atomic E-state index is 0. The molecule has 1 aromatic carbocycles. The molecular formula is C13H19ClN2OS. The summed E-state index contributed by atoms with van der Waals surface area (Å²) in [6.45, 7) is 0. The van der Waals surface area contributed by atoms with E-state index in [1.165, 1.54) is 5.75 Å². The molecule has 1 atom stereocenters. The summed E-state index contributed by atoms with van der Waals surface area (Å²) in [7, 11) is 1.91. The average Bonchev–Trinajstić information content (AvgIpc) is 2.84. The topological polar surface area (TPSA) is 46.3 Å². The van der Waals surface area contributed by atoms with Crippen molar-refractivity contribution in [2.45, 2.75) is 18.9 Å². The van der Waals surface area contributed by atoms with Crippen LogP contribution < -0.4 is 5.73 Å². The summed E-state index contributed by atoms with van der Waals surface area (Å²) >= 11 is 1.93. The number of nitrogens with zero attached hydrogens (tertiary/aromatic N) is 1. The van der Waals surface area contributed by atoms with E-state index in [9.17, 15) is 4.79 Å². The average molecular weight is 287 g/mol. The van der Waals surface area contributed by atoms with E-state index in [-0.39, 0.29) is 18.3 Å². The Hall–Kier alpha value is -0.870. The van der Waals surface area contributed by atoms with Gasteiger partial charge in [0.15, 0.2) is 0 Å². The Bertz CT molecular complexity index is 390. The van der Waals surface area contributed by atoms with Gasteiger partial charge >= 0.3 is 0 Å². The van der Waals surface area contributed by atoms with Gasteiger partial charge in [0.25, 0.3) is 0 Å². The van der Waals surface area contributed by atoms with E-state index in [2.05, 4.69) is 0 Å². The molecule has 0 aromatic heterocycles. The minimum atomic E-state index is 0. The molecule has 1 unspecified atom stereocenters. The number of likely N-dealkylation sites (N-methyl/N-ethyl adjacent to an activating group) is 1. The normalized spacial score (nSPS) is 18.2. The first kappa shape index (κ1) is 15.2. The highest BCUT2D eigenvalue weighted by Crippen LogP contribution is 2.21. The van der Waals surface area contributed by atoms with Crippen molar-refractivity contribution in [3.05, 3.63) is 29.8 Å². The molecule has 1 aromatic rings. The Morgan fingerprint density at radius 3 is 2.67 bits per heavy atom. The van der Waals surface area contributed by atoms with E-state index in [0.29, 0.717) is 12.5 Å². The van der Waals surface area contributed by atoms with Crippen LogP contribution in [0.25, 0.3) is 0 Å². The van der Waals surface area contributed by atoms with Crippen LogP contribution in [0, 0.1) is 0 Å². The number of anilines is 1. The first-order valence-electron chi connectivity index (χ1n) is 5.84. The first-order chi connectivity index (χ1) is 8.16. The molecule has 1 saturated heterocycles. The Labute approximate surface area is 119 Å². The fraction of sp³-hybridized carbons (Fsp3) is 0.462. The van der Waals surface area contributed by atoms with Crippen LogP contribution in [-0.2, 0) is 11.2 Å². The van der Waals surface area contributed by atoms with Gasteiger partial charge in [-0.1, -0.05) is 12.1 Å². The largest absolute Gasteiger partial charge is 0.399 e. The number of halogens is 1. The van der Waals surface area contributed by atoms with Crippen molar-refractivity contribution >= 4 is 35.8 Å². The van der Waals surface area contributed by atoms with Gasteiger partial charge in [-0.05, 0) is 29.9 Å². The zero-order chi connectivity index (χ0) is 12.3. The fourth-order valence-corrected chi connectivity index (χ4v) is 3.23. The van der Waals surface area contributed by atoms with Crippen molar-refractivity contribution in [2.75, 3.05) is 24.3 Å². The monoisotopic (exact) mass is 286 g/mol. The lowest BCUT2D eigenvalue weighted by Crippen LogP contribution is -2.37. The van der Waals surface area contributed by atoms with E-state index in [1.54, 1.807) is 0 Å². The molecule has 3 nitrogen and oxygen atoms in total. The second kappa shape index (κ2) is 6.90. The van der Waals surface area contributed by atoms with Crippen molar-refractivity contribution in [2.24, 2.45) is 0 Å². The zero-order valence-electron chi connectivity index (χ0n) is 10.5. The number of amides is 1. The number of carbonyl (C=O) groups is 1. The van der Waals surface area contributed by atoms with Gasteiger partial charge in [-0.25, -0.2) is 0 Å². The standard InChI is InChI=1S/C13H18N2OS.ClH/c1-15(12-6-7-17-9-12)13(16)8-10-2-4-11(14)5-3-10;/h2-5,12H,6-9,14H2,1H3;1H. The van der Waals surface area contributed by atoms with Crippen molar-refractivity contribution in [1.82, 2.24) is 4.90 Å². The van der Waals surface area contributed by atoms with E-state index in [0.717, 1.165) is 23.4 Å². The van der Waals surface area contributed by atoms with Crippen molar-refractivity contribution < 1.29 is 4.79 Å². The number of hydrogen-bond donors (Lipinski definition) is 1. The van der Waals surface area contributed by atoms with Crippen molar-refractivity contribution in [3.63, 3.8) is 0 Å². The number of hydrogen-bond acceptors (Lipinski definition) is 3. The van der Waals surface area contributed by atoms with Gasteiger partial charge in [-0.2, -0.15) is 11.8 Å².